The Morgan fingerprint density at radius 3 is 2.91 bits per heavy atom. The van der Waals surface area contributed by atoms with Crippen LogP contribution >= 0.6 is 23.1 Å². The number of benzene rings is 2. The number of cyclic esters (lactones) is 1. The van der Waals surface area contributed by atoms with Crippen molar-refractivity contribution in [2.24, 2.45) is 0 Å². The molecule has 1 aliphatic heterocycles. The summed E-state index contributed by atoms with van der Waals surface area (Å²) in [5.74, 6) is -0.491. The molecule has 2 aromatic carbocycles. The van der Waals surface area contributed by atoms with E-state index in [-0.39, 0.29) is 18.3 Å². The number of thiazole rings is 1. The van der Waals surface area contributed by atoms with Gasteiger partial charge in [-0.25, -0.2) is 14.6 Å². The van der Waals surface area contributed by atoms with Gasteiger partial charge >= 0.3 is 12.1 Å². The highest BCUT2D eigenvalue weighted by Gasteiger charge is 2.30. The lowest BCUT2D eigenvalue weighted by atomic mass is 10.0. The maximum Gasteiger partial charge on any atom is 0.410 e. The number of carbonyl (C=O) groups excluding carboxylic acids is 1. The SMILES string of the molecule is O=C(O)c1csc(SCCN2C(=O)OC[C@@H]2/C=C/[C@@H](O)Cc2ccc3ccccc3c2)n1. The van der Waals surface area contributed by atoms with Crippen LogP contribution in [0.4, 0.5) is 4.79 Å². The van der Waals surface area contributed by atoms with Gasteiger partial charge in [0.25, 0.3) is 0 Å². The Morgan fingerprint density at radius 1 is 1.31 bits per heavy atom. The summed E-state index contributed by atoms with van der Waals surface area (Å²) in [6.07, 6.45) is 2.94. The van der Waals surface area contributed by atoms with Crippen molar-refractivity contribution in [3.63, 3.8) is 0 Å². The number of aliphatic hydroxyl groups is 1. The summed E-state index contributed by atoms with van der Waals surface area (Å²) in [6.45, 7) is 0.671. The van der Waals surface area contributed by atoms with E-state index in [0.717, 1.165) is 16.3 Å². The van der Waals surface area contributed by atoms with Crippen molar-refractivity contribution in [2.75, 3.05) is 18.9 Å². The minimum Gasteiger partial charge on any atom is -0.476 e. The highest BCUT2D eigenvalue weighted by Crippen LogP contribution is 2.24. The standard InChI is InChI=1S/C23H22N2O5S2/c26-19(12-15-5-6-16-3-1-2-4-17(16)11-15)8-7-18-13-30-23(29)25(18)9-10-31-22-24-20(14-32-22)21(27)28/h1-8,11,14,18-19,26H,9-10,12-13H2,(H,27,28)/b8-7+/t18-,19+/m0/s1. The third-order valence-corrected chi connectivity index (χ3v) is 7.09. The number of carboxylic acids is 1. The smallest absolute Gasteiger partial charge is 0.410 e. The summed E-state index contributed by atoms with van der Waals surface area (Å²) in [6, 6.07) is 14.0. The van der Waals surface area contributed by atoms with Gasteiger partial charge in [0.1, 0.15) is 6.61 Å². The maximum atomic E-state index is 12.1. The highest BCUT2D eigenvalue weighted by molar-refractivity contribution is 8.01. The lowest BCUT2D eigenvalue weighted by Crippen LogP contribution is -2.34. The van der Waals surface area contributed by atoms with E-state index in [1.165, 1.54) is 28.5 Å². The monoisotopic (exact) mass is 470 g/mol. The fourth-order valence-electron chi connectivity index (χ4n) is 3.47. The molecule has 2 atom stereocenters. The number of ether oxygens (including phenoxy) is 1. The third-order valence-electron chi connectivity index (χ3n) is 5.09. The number of aromatic nitrogens is 1. The zero-order valence-electron chi connectivity index (χ0n) is 17.1. The van der Waals surface area contributed by atoms with Crippen LogP contribution in [0.25, 0.3) is 10.8 Å². The summed E-state index contributed by atoms with van der Waals surface area (Å²) in [5.41, 5.74) is 1.07. The van der Waals surface area contributed by atoms with Gasteiger partial charge in [-0.3, -0.25) is 4.90 Å². The predicted octanol–water partition coefficient (Wildman–Crippen LogP) is 4.07. The minimum absolute atomic E-state index is 0.0271. The van der Waals surface area contributed by atoms with Crippen LogP contribution in [0.5, 0.6) is 0 Å². The van der Waals surface area contributed by atoms with E-state index in [0.29, 0.717) is 23.1 Å². The van der Waals surface area contributed by atoms with Gasteiger partial charge in [-0.2, -0.15) is 0 Å². The Bertz CT molecular complexity index is 1150. The Kier molecular flexibility index (Phi) is 7.09. The van der Waals surface area contributed by atoms with Crippen molar-refractivity contribution in [3.8, 4) is 0 Å². The molecule has 3 aromatic rings. The number of fused-ring (bicyclic) bond motifs is 1. The van der Waals surface area contributed by atoms with E-state index in [2.05, 4.69) is 17.1 Å². The van der Waals surface area contributed by atoms with E-state index < -0.39 is 18.2 Å². The first kappa shape index (κ1) is 22.3. The summed E-state index contributed by atoms with van der Waals surface area (Å²) in [4.78, 5) is 28.6. The Balaban J connectivity index is 1.31. The van der Waals surface area contributed by atoms with Crippen LogP contribution in [-0.2, 0) is 11.2 Å². The molecule has 0 radical (unpaired) electrons. The Hall–Kier alpha value is -2.88. The van der Waals surface area contributed by atoms with Crippen molar-refractivity contribution < 1.29 is 24.5 Å². The molecule has 4 rings (SSSR count). The van der Waals surface area contributed by atoms with Crippen LogP contribution in [0.2, 0.25) is 0 Å². The minimum atomic E-state index is -1.05. The van der Waals surface area contributed by atoms with Crippen molar-refractivity contribution in [1.29, 1.82) is 0 Å². The van der Waals surface area contributed by atoms with Gasteiger partial charge < -0.3 is 14.9 Å². The topological polar surface area (TPSA) is 100.0 Å². The third kappa shape index (κ3) is 5.48. The molecule has 32 heavy (non-hydrogen) atoms. The molecule has 1 aliphatic rings. The van der Waals surface area contributed by atoms with Gasteiger partial charge in [0.15, 0.2) is 10.0 Å². The lowest BCUT2D eigenvalue weighted by molar-refractivity contribution is 0.0690. The number of thioether (sulfide) groups is 1. The highest BCUT2D eigenvalue weighted by atomic mass is 32.2. The van der Waals surface area contributed by atoms with Gasteiger partial charge in [-0.15, -0.1) is 11.3 Å². The molecule has 2 heterocycles. The van der Waals surface area contributed by atoms with E-state index in [1.807, 2.05) is 36.4 Å². The molecular weight excluding hydrogens is 448 g/mol. The zero-order valence-corrected chi connectivity index (χ0v) is 18.7. The van der Waals surface area contributed by atoms with Gasteiger partial charge in [-0.1, -0.05) is 66.4 Å². The largest absolute Gasteiger partial charge is 0.476 e. The van der Waals surface area contributed by atoms with Crippen LogP contribution in [-0.4, -0.2) is 63.2 Å². The summed E-state index contributed by atoms with van der Waals surface area (Å²) >= 11 is 2.66. The molecule has 2 N–H and O–H groups in total. The molecule has 0 saturated carbocycles. The average molecular weight is 471 g/mol. The Morgan fingerprint density at radius 2 is 2.12 bits per heavy atom. The van der Waals surface area contributed by atoms with E-state index in [9.17, 15) is 14.7 Å². The molecule has 0 spiro atoms. The van der Waals surface area contributed by atoms with Crippen LogP contribution in [0.1, 0.15) is 16.1 Å². The first-order valence-corrected chi connectivity index (χ1v) is 12.0. The number of rotatable bonds is 9. The number of hydrogen-bond donors (Lipinski definition) is 2. The first-order valence-electron chi connectivity index (χ1n) is 10.1. The van der Waals surface area contributed by atoms with Gasteiger partial charge in [0.05, 0.1) is 12.1 Å². The molecule has 0 bridgehead atoms. The van der Waals surface area contributed by atoms with Crippen molar-refractivity contribution in [3.05, 3.63) is 71.3 Å². The maximum absolute atomic E-state index is 12.1. The fraction of sp³-hybridized carbons (Fsp3) is 0.261. The number of nitrogens with zero attached hydrogens (tertiary/aromatic N) is 2. The van der Waals surface area contributed by atoms with E-state index >= 15 is 0 Å². The second-order valence-corrected chi connectivity index (χ2v) is 9.53. The number of carbonyl (C=O) groups is 2. The number of aromatic carboxylic acids is 1. The molecule has 1 fully saturated rings. The molecule has 9 heteroatoms. The van der Waals surface area contributed by atoms with E-state index in [1.54, 1.807) is 11.0 Å². The van der Waals surface area contributed by atoms with Crippen LogP contribution in [0.15, 0.2) is 64.3 Å². The molecule has 166 valence electrons. The van der Waals surface area contributed by atoms with E-state index in [4.69, 9.17) is 9.84 Å². The zero-order chi connectivity index (χ0) is 22.5. The van der Waals surface area contributed by atoms with Gasteiger partial charge in [0, 0.05) is 24.1 Å². The molecule has 1 aromatic heterocycles. The first-order chi connectivity index (χ1) is 15.5. The van der Waals surface area contributed by atoms with Crippen molar-refractivity contribution >= 4 is 45.9 Å². The predicted molar refractivity (Wildman–Crippen MR) is 124 cm³/mol. The normalized spacial score (nSPS) is 17.2. The van der Waals surface area contributed by atoms with Crippen LogP contribution in [0.3, 0.4) is 0 Å². The lowest BCUT2D eigenvalue weighted by Gasteiger charge is -2.18. The molecule has 0 unspecified atom stereocenters. The number of amides is 1. The van der Waals surface area contributed by atoms with Crippen LogP contribution < -0.4 is 0 Å². The average Bonchev–Trinajstić information content (AvgIpc) is 3.40. The van der Waals surface area contributed by atoms with Crippen LogP contribution in [0, 0.1) is 0 Å². The number of aliphatic hydroxyl groups excluding tert-OH is 1. The fourth-order valence-corrected chi connectivity index (χ4v) is 5.28. The molecule has 1 saturated heterocycles. The number of hydrogen-bond acceptors (Lipinski definition) is 7. The molecule has 0 aliphatic carbocycles. The number of carboxylic acid groups (broad SMARTS) is 1. The van der Waals surface area contributed by atoms with Gasteiger partial charge in [0.2, 0.25) is 0 Å². The summed E-state index contributed by atoms with van der Waals surface area (Å²) in [5, 5.41) is 23.2. The van der Waals surface area contributed by atoms with Crippen molar-refractivity contribution in [1.82, 2.24) is 9.88 Å². The Labute approximate surface area is 193 Å². The second kappa shape index (κ2) is 10.2. The molecule has 1 amide bonds. The quantitative estimate of drug-likeness (QED) is 0.359. The molecule has 7 nitrogen and oxygen atoms in total. The second-order valence-electron chi connectivity index (χ2n) is 7.33. The summed E-state index contributed by atoms with van der Waals surface area (Å²) in [7, 11) is 0. The summed E-state index contributed by atoms with van der Waals surface area (Å²) < 4.78 is 5.82. The molecular formula is C23H22N2O5S2. The van der Waals surface area contributed by atoms with Gasteiger partial charge in [-0.05, 0) is 16.3 Å². The van der Waals surface area contributed by atoms with Crippen molar-refractivity contribution in [2.45, 2.75) is 22.9 Å².